The highest BCUT2D eigenvalue weighted by molar-refractivity contribution is 7.86. The molecule has 0 radical (unpaired) electrons. The number of Topliss-reactive ketones (excluding diaryl/α,β-unsaturated/α-hetero) is 1. The number of nitrogens with zero attached hydrogens (tertiary/aromatic N) is 1. The Labute approximate surface area is 170 Å². The van der Waals surface area contributed by atoms with Gasteiger partial charge >= 0.3 is 0 Å². The number of H-pyrrole nitrogens is 1. The van der Waals surface area contributed by atoms with Crippen molar-refractivity contribution in [3.63, 3.8) is 0 Å². The average molecular weight is 450 g/mol. The first-order valence-electron chi connectivity index (χ1n) is 8.37. The fourth-order valence-corrected chi connectivity index (χ4v) is 4.50. The smallest absolute Gasteiger partial charge is 0.296 e. The Hall–Kier alpha value is -3.06. The summed E-state index contributed by atoms with van der Waals surface area (Å²) in [5.74, 6) is -1.56. The van der Waals surface area contributed by atoms with Crippen LogP contribution in [0.3, 0.4) is 0 Å². The standard InChI is InChI=1S/C18H14N2O8S2/c1-28-30(26,27)10-3-5-14-12(7-10)18(22)16(20-14)15-17(21)11-6-9(8-29(23,24)25)2-4-13(11)19-15/h2-7,19,21H,8H2,1H3,(H,23,24,25). The molecule has 12 heteroatoms. The molecule has 0 aliphatic carbocycles. The Morgan fingerprint density at radius 2 is 1.83 bits per heavy atom. The van der Waals surface area contributed by atoms with E-state index < -0.39 is 31.8 Å². The van der Waals surface area contributed by atoms with Gasteiger partial charge in [-0.2, -0.15) is 16.8 Å². The molecule has 0 atom stereocenters. The number of ketones is 1. The lowest BCUT2D eigenvalue weighted by molar-refractivity contribution is 0.106. The molecule has 2 heterocycles. The monoisotopic (exact) mass is 450 g/mol. The van der Waals surface area contributed by atoms with Crippen LogP contribution in [-0.4, -0.2) is 50.1 Å². The summed E-state index contributed by atoms with van der Waals surface area (Å²) in [7, 11) is -7.26. The highest BCUT2D eigenvalue weighted by Gasteiger charge is 2.31. The first-order chi connectivity index (χ1) is 14.0. The molecule has 0 saturated heterocycles. The molecule has 1 aliphatic rings. The van der Waals surface area contributed by atoms with Crippen LogP contribution in [0.25, 0.3) is 10.9 Å². The first kappa shape index (κ1) is 20.2. The SMILES string of the molecule is COS(=O)(=O)c1ccc2c(c1)C(=O)C(c1[nH]c3ccc(CS(=O)(=O)O)cc3c1O)=N2. The van der Waals surface area contributed by atoms with E-state index in [1.807, 2.05) is 0 Å². The van der Waals surface area contributed by atoms with Crippen LogP contribution in [0.5, 0.6) is 5.75 Å². The van der Waals surface area contributed by atoms with E-state index in [1.54, 1.807) is 0 Å². The number of hydrogen-bond acceptors (Lipinski definition) is 8. The van der Waals surface area contributed by atoms with Gasteiger partial charge in [0.05, 0.1) is 23.3 Å². The summed E-state index contributed by atoms with van der Waals surface area (Å²) in [6.45, 7) is 0. The predicted octanol–water partition coefficient (Wildman–Crippen LogP) is 1.91. The largest absolute Gasteiger partial charge is 0.505 e. The van der Waals surface area contributed by atoms with Crippen LogP contribution in [0.2, 0.25) is 0 Å². The first-order valence-corrected chi connectivity index (χ1v) is 11.4. The van der Waals surface area contributed by atoms with Gasteiger partial charge in [-0.3, -0.25) is 13.5 Å². The fourth-order valence-electron chi connectivity index (χ4n) is 3.21. The number of aromatic nitrogens is 1. The van der Waals surface area contributed by atoms with E-state index in [1.165, 1.54) is 30.3 Å². The van der Waals surface area contributed by atoms with Gasteiger partial charge in [-0.15, -0.1) is 0 Å². The van der Waals surface area contributed by atoms with Gasteiger partial charge in [-0.25, -0.2) is 4.99 Å². The number of aliphatic imine (C=N–C) groups is 1. The van der Waals surface area contributed by atoms with Gasteiger partial charge in [0, 0.05) is 10.9 Å². The van der Waals surface area contributed by atoms with Gasteiger partial charge < -0.3 is 10.1 Å². The predicted molar refractivity (Wildman–Crippen MR) is 106 cm³/mol. The third-order valence-corrected chi connectivity index (χ3v) is 6.56. The maximum absolute atomic E-state index is 12.8. The van der Waals surface area contributed by atoms with E-state index in [-0.39, 0.29) is 44.3 Å². The molecule has 0 fully saturated rings. The summed E-state index contributed by atoms with van der Waals surface area (Å²) in [6.07, 6.45) is 0. The normalized spacial score (nSPS) is 14.2. The number of benzene rings is 2. The van der Waals surface area contributed by atoms with Crippen molar-refractivity contribution in [2.75, 3.05) is 7.11 Å². The second kappa shape index (κ2) is 6.74. The molecule has 3 aromatic rings. The van der Waals surface area contributed by atoms with Crippen LogP contribution >= 0.6 is 0 Å². The zero-order valence-electron chi connectivity index (χ0n) is 15.3. The van der Waals surface area contributed by atoms with Crippen LogP contribution in [0.4, 0.5) is 5.69 Å². The summed E-state index contributed by atoms with van der Waals surface area (Å²) in [5, 5.41) is 10.8. The molecule has 1 aromatic heterocycles. The number of aromatic amines is 1. The third kappa shape index (κ3) is 3.39. The highest BCUT2D eigenvalue weighted by atomic mass is 32.2. The van der Waals surface area contributed by atoms with Crippen LogP contribution in [-0.2, 0) is 30.2 Å². The highest BCUT2D eigenvalue weighted by Crippen LogP contribution is 2.36. The van der Waals surface area contributed by atoms with Crippen LogP contribution in [0, 0.1) is 0 Å². The number of carbonyl (C=O) groups excluding carboxylic acids is 1. The molecule has 3 N–H and O–H groups in total. The minimum absolute atomic E-state index is 0.00588. The second-order valence-electron chi connectivity index (χ2n) is 6.54. The van der Waals surface area contributed by atoms with Crippen molar-refractivity contribution < 1.29 is 35.5 Å². The molecule has 1 aliphatic heterocycles. The molecule has 0 saturated carbocycles. The van der Waals surface area contributed by atoms with E-state index in [4.69, 9.17) is 4.55 Å². The van der Waals surface area contributed by atoms with E-state index in [0.717, 1.165) is 13.2 Å². The minimum atomic E-state index is -4.26. The maximum atomic E-state index is 12.8. The van der Waals surface area contributed by atoms with Crippen molar-refractivity contribution >= 4 is 48.3 Å². The summed E-state index contributed by atoms with van der Waals surface area (Å²) in [5.41, 5.74) is 0.802. The Morgan fingerprint density at radius 3 is 2.50 bits per heavy atom. The quantitative estimate of drug-likeness (QED) is 0.392. The van der Waals surface area contributed by atoms with Gasteiger partial charge in [-0.1, -0.05) is 6.07 Å². The maximum Gasteiger partial charge on any atom is 0.296 e. The molecule has 0 amide bonds. The van der Waals surface area contributed by atoms with Gasteiger partial charge in [0.15, 0.2) is 5.75 Å². The Balaban J connectivity index is 1.77. The molecule has 4 rings (SSSR count). The lowest BCUT2D eigenvalue weighted by Gasteiger charge is -2.03. The van der Waals surface area contributed by atoms with E-state index in [9.17, 15) is 26.7 Å². The summed E-state index contributed by atoms with van der Waals surface area (Å²) >= 11 is 0. The number of fused-ring (bicyclic) bond motifs is 2. The summed E-state index contributed by atoms with van der Waals surface area (Å²) < 4.78 is 59.4. The fraction of sp³-hybridized carbons (Fsp3) is 0.111. The van der Waals surface area contributed by atoms with Crippen molar-refractivity contribution in [1.82, 2.24) is 4.98 Å². The minimum Gasteiger partial charge on any atom is -0.505 e. The molecule has 0 spiro atoms. The van der Waals surface area contributed by atoms with Crippen molar-refractivity contribution in [1.29, 1.82) is 0 Å². The number of rotatable bonds is 5. The Kier molecular flexibility index (Phi) is 4.54. The van der Waals surface area contributed by atoms with Crippen LogP contribution < -0.4 is 0 Å². The molecule has 2 aromatic carbocycles. The molecule has 30 heavy (non-hydrogen) atoms. The van der Waals surface area contributed by atoms with Crippen molar-refractivity contribution in [2.24, 2.45) is 4.99 Å². The van der Waals surface area contributed by atoms with Crippen molar-refractivity contribution in [3.8, 4) is 5.75 Å². The van der Waals surface area contributed by atoms with Gasteiger partial charge in [0.2, 0.25) is 5.78 Å². The van der Waals surface area contributed by atoms with E-state index >= 15 is 0 Å². The number of nitrogens with one attached hydrogen (secondary N) is 1. The van der Waals surface area contributed by atoms with Crippen molar-refractivity contribution in [2.45, 2.75) is 10.6 Å². The zero-order valence-corrected chi connectivity index (χ0v) is 16.9. The van der Waals surface area contributed by atoms with Gasteiger partial charge in [0.25, 0.3) is 20.2 Å². The lowest BCUT2D eigenvalue weighted by Crippen LogP contribution is -2.12. The topological polar surface area (TPSA) is 163 Å². The van der Waals surface area contributed by atoms with E-state index in [2.05, 4.69) is 14.2 Å². The summed E-state index contributed by atoms with van der Waals surface area (Å²) in [6, 6.07) is 8.08. The molecule has 156 valence electrons. The molecule has 10 nitrogen and oxygen atoms in total. The number of hydrogen-bond donors (Lipinski definition) is 3. The third-order valence-electron chi connectivity index (χ3n) is 4.59. The van der Waals surface area contributed by atoms with Crippen LogP contribution in [0.1, 0.15) is 21.6 Å². The number of carbonyl (C=O) groups is 1. The molecule has 0 unspecified atom stereocenters. The van der Waals surface area contributed by atoms with Gasteiger partial charge in [-0.05, 0) is 35.9 Å². The summed E-state index contributed by atoms with van der Waals surface area (Å²) in [4.78, 5) is 19.7. The second-order valence-corrected chi connectivity index (χ2v) is 9.71. The van der Waals surface area contributed by atoms with E-state index in [0.29, 0.717) is 5.52 Å². The van der Waals surface area contributed by atoms with Gasteiger partial charge in [0.1, 0.15) is 17.2 Å². The Morgan fingerprint density at radius 1 is 1.10 bits per heavy atom. The molecular weight excluding hydrogens is 436 g/mol. The van der Waals surface area contributed by atoms with Crippen LogP contribution in [0.15, 0.2) is 46.3 Å². The zero-order chi connectivity index (χ0) is 21.8. The number of aromatic hydroxyl groups is 1. The van der Waals surface area contributed by atoms with Crippen molar-refractivity contribution in [3.05, 3.63) is 53.2 Å². The lowest BCUT2D eigenvalue weighted by atomic mass is 10.1. The molecular formula is C18H14N2O8S2. The average Bonchev–Trinajstić information content (AvgIpc) is 3.17. The Bertz CT molecular complexity index is 1470. The molecule has 0 bridgehead atoms.